The fourth-order valence-electron chi connectivity index (χ4n) is 2.97. The Bertz CT molecular complexity index is 1020. The lowest BCUT2D eigenvalue weighted by molar-refractivity contribution is 0.0245. The minimum absolute atomic E-state index is 0.243. The molecule has 0 aliphatic rings. The molecule has 2 aromatic carbocycles. The Labute approximate surface area is 170 Å². The molecule has 3 aromatic rings. The zero-order chi connectivity index (χ0) is 21.0. The summed E-state index contributed by atoms with van der Waals surface area (Å²) < 4.78 is 5.48. The first-order valence-electron chi connectivity index (χ1n) is 9.58. The van der Waals surface area contributed by atoms with Crippen molar-refractivity contribution < 1.29 is 14.3 Å². The third-order valence-electron chi connectivity index (χ3n) is 4.38. The van der Waals surface area contributed by atoms with Crippen LogP contribution < -0.4 is 5.32 Å². The zero-order valence-electron chi connectivity index (χ0n) is 17.2. The van der Waals surface area contributed by atoms with E-state index in [-0.39, 0.29) is 12.0 Å². The van der Waals surface area contributed by atoms with Crippen molar-refractivity contribution >= 4 is 28.6 Å². The average molecular weight is 394 g/mol. The van der Waals surface area contributed by atoms with Crippen LogP contribution >= 0.6 is 0 Å². The van der Waals surface area contributed by atoms with E-state index in [1.807, 2.05) is 64.1 Å². The van der Waals surface area contributed by atoms with Gasteiger partial charge in [0, 0.05) is 17.6 Å². The number of hydrogen-bond donors (Lipinski definition) is 2. The SMILES string of the molecule is CCN(Cc1ccccc1NC(=O)c1cccc2cn[nH]c12)C(=O)OC(C)(C)C. The minimum atomic E-state index is -0.568. The van der Waals surface area contributed by atoms with Crippen LogP contribution in [0.2, 0.25) is 0 Å². The first-order valence-corrected chi connectivity index (χ1v) is 9.58. The van der Waals surface area contributed by atoms with Crippen LogP contribution in [-0.2, 0) is 11.3 Å². The van der Waals surface area contributed by atoms with E-state index in [1.54, 1.807) is 17.2 Å². The Morgan fingerprint density at radius 2 is 1.90 bits per heavy atom. The van der Waals surface area contributed by atoms with Crippen LogP contribution in [0, 0.1) is 0 Å². The lowest BCUT2D eigenvalue weighted by Crippen LogP contribution is -2.36. The van der Waals surface area contributed by atoms with E-state index in [4.69, 9.17) is 4.74 Å². The van der Waals surface area contributed by atoms with E-state index >= 15 is 0 Å². The highest BCUT2D eigenvalue weighted by molar-refractivity contribution is 6.12. The third kappa shape index (κ3) is 4.93. The predicted molar refractivity (Wildman–Crippen MR) is 113 cm³/mol. The van der Waals surface area contributed by atoms with E-state index in [0.29, 0.717) is 29.9 Å². The van der Waals surface area contributed by atoms with Crippen molar-refractivity contribution in [3.63, 3.8) is 0 Å². The van der Waals surface area contributed by atoms with Crippen molar-refractivity contribution in [3.8, 4) is 0 Å². The summed E-state index contributed by atoms with van der Waals surface area (Å²) in [6.45, 7) is 8.22. The summed E-state index contributed by atoms with van der Waals surface area (Å²) in [5.41, 5.74) is 2.10. The second kappa shape index (κ2) is 8.34. The number of benzene rings is 2. The number of fused-ring (bicyclic) bond motifs is 1. The van der Waals surface area contributed by atoms with Crippen molar-refractivity contribution in [2.24, 2.45) is 0 Å². The molecule has 2 N–H and O–H groups in total. The van der Waals surface area contributed by atoms with Gasteiger partial charge < -0.3 is 15.0 Å². The Morgan fingerprint density at radius 1 is 1.14 bits per heavy atom. The summed E-state index contributed by atoms with van der Waals surface area (Å²) in [5, 5.41) is 10.7. The van der Waals surface area contributed by atoms with E-state index < -0.39 is 5.60 Å². The highest BCUT2D eigenvalue weighted by atomic mass is 16.6. The molecule has 7 nitrogen and oxygen atoms in total. The van der Waals surface area contributed by atoms with E-state index in [0.717, 1.165) is 10.9 Å². The number of para-hydroxylation sites is 2. The summed E-state index contributed by atoms with van der Waals surface area (Å²) in [7, 11) is 0. The van der Waals surface area contributed by atoms with Crippen LogP contribution in [0.5, 0.6) is 0 Å². The number of aromatic nitrogens is 2. The molecular formula is C22H26N4O3. The summed E-state index contributed by atoms with van der Waals surface area (Å²) in [4.78, 5) is 27.0. The molecular weight excluding hydrogens is 368 g/mol. The number of rotatable bonds is 5. The molecule has 0 radical (unpaired) electrons. The molecule has 0 fully saturated rings. The quantitative estimate of drug-likeness (QED) is 0.663. The van der Waals surface area contributed by atoms with E-state index in [9.17, 15) is 9.59 Å². The number of aromatic amines is 1. The van der Waals surface area contributed by atoms with Gasteiger partial charge in [-0.3, -0.25) is 9.89 Å². The number of carbonyl (C=O) groups is 2. The fourth-order valence-corrected chi connectivity index (χ4v) is 2.97. The van der Waals surface area contributed by atoms with Gasteiger partial charge in [-0.05, 0) is 45.4 Å². The number of H-pyrrole nitrogens is 1. The van der Waals surface area contributed by atoms with Crippen molar-refractivity contribution in [1.82, 2.24) is 15.1 Å². The Morgan fingerprint density at radius 3 is 2.62 bits per heavy atom. The largest absolute Gasteiger partial charge is 0.444 e. The molecule has 1 aromatic heterocycles. The molecule has 152 valence electrons. The van der Waals surface area contributed by atoms with Gasteiger partial charge in [-0.15, -0.1) is 0 Å². The molecule has 0 atom stereocenters. The second-order valence-corrected chi connectivity index (χ2v) is 7.75. The third-order valence-corrected chi connectivity index (χ3v) is 4.38. The smallest absolute Gasteiger partial charge is 0.410 e. The Balaban J connectivity index is 1.81. The van der Waals surface area contributed by atoms with Crippen LogP contribution in [0.3, 0.4) is 0 Å². The number of amides is 2. The standard InChI is InChI=1S/C22H26N4O3/c1-5-26(21(28)29-22(2,3)4)14-16-9-6-7-12-18(16)24-20(27)17-11-8-10-15-13-23-25-19(15)17/h6-13H,5,14H2,1-4H3,(H,23,25)(H,24,27). The molecule has 0 saturated carbocycles. The van der Waals surface area contributed by atoms with Gasteiger partial charge in [-0.25, -0.2) is 4.79 Å². The Hall–Kier alpha value is -3.35. The summed E-state index contributed by atoms with van der Waals surface area (Å²) in [6.07, 6.45) is 1.29. The van der Waals surface area contributed by atoms with Gasteiger partial charge in [0.2, 0.25) is 0 Å². The maximum atomic E-state index is 12.9. The highest BCUT2D eigenvalue weighted by Gasteiger charge is 2.22. The number of carbonyl (C=O) groups excluding carboxylic acids is 2. The molecule has 3 rings (SSSR count). The summed E-state index contributed by atoms with van der Waals surface area (Å²) in [5.74, 6) is -0.243. The summed E-state index contributed by atoms with van der Waals surface area (Å²) in [6, 6.07) is 12.9. The molecule has 2 amide bonds. The monoisotopic (exact) mass is 394 g/mol. The van der Waals surface area contributed by atoms with Gasteiger partial charge in [-0.2, -0.15) is 5.10 Å². The summed E-state index contributed by atoms with van der Waals surface area (Å²) >= 11 is 0. The molecule has 7 heteroatoms. The molecule has 0 saturated heterocycles. The average Bonchev–Trinajstić information content (AvgIpc) is 3.14. The van der Waals surface area contributed by atoms with Crippen LogP contribution in [0.4, 0.5) is 10.5 Å². The van der Waals surface area contributed by atoms with Crippen LogP contribution in [0.1, 0.15) is 43.6 Å². The number of nitrogens with one attached hydrogen (secondary N) is 2. The van der Waals surface area contributed by atoms with Gasteiger partial charge in [-0.1, -0.05) is 30.3 Å². The number of anilines is 1. The van der Waals surface area contributed by atoms with Gasteiger partial charge in [0.25, 0.3) is 5.91 Å². The van der Waals surface area contributed by atoms with Gasteiger partial charge >= 0.3 is 6.09 Å². The lowest BCUT2D eigenvalue weighted by atomic mass is 10.1. The van der Waals surface area contributed by atoms with Crippen LogP contribution in [0.15, 0.2) is 48.7 Å². The van der Waals surface area contributed by atoms with Crippen molar-refractivity contribution in [3.05, 3.63) is 59.8 Å². The fraction of sp³-hybridized carbons (Fsp3) is 0.318. The number of hydrogen-bond acceptors (Lipinski definition) is 4. The second-order valence-electron chi connectivity index (χ2n) is 7.75. The van der Waals surface area contributed by atoms with Gasteiger partial charge in [0.05, 0.1) is 23.8 Å². The minimum Gasteiger partial charge on any atom is -0.444 e. The zero-order valence-corrected chi connectivity index (χ0v) is 17.2. The van der Waals surface area contributed by atoms with Gasteiger partial charge in [0.15, 0.2) is 0 Å². The first-order chi connectivity index (χ1) is 13.8. The number of ether oxygens (including phenoxy) is 1. The lowest BCUT2D eigenvalue weighted by Gasteiger charge is -2.27. The van der Waals surface area contributed by atoms with Crippen molar-refractivity contribution in [2.45, 2.75) is 39.8 Å². The molecule has 0 aliphatic heterocycles. The maximum absolute atomic E-state index is 12.9. The topological polar surface area (TPSA) is 87.3 Å². The predicted octanol–water partition coefficient (Wildman–Crippen LogP) is 4.57. The molecule has 0 bridgehead atoms. The van der Waals surface area contributed by atoms with Gasteiger partial charge in [0.1, 0.15) is 5.60 Å². The molecule has 1 heterocycles. The van der Waals surface area contributed by atoms with Crippen LogP contribution in [-0.4, -0.2) is 39.2 Å². The number of nitrogens with zero attached hydrogens (tertiary/aromatic N) is 2. The highest BCUT2D eigenvalue weighted by Crippen LogP contribution is 2.22. The van der Waals surface area contributed by atoms with E-state index in [2.05, 4.69) is 15.5 Å². The van der Waals surface area contributed by atoms with Crippen LogP contribution in [0.25, 0.3) is 10.9 Å². The molecule has 29 heavy (non-hydrogen) atoms. The molecule has 0 unspecified atom stereocenters. The first kappa shape index (κ1) is 20.4. The molecule has 0 aliphatic carbocycles. The Kier molecular flexibility index (Phi) is 5.87. The molecule has 0 spiro atoms. The van der Waals surface area contributed by atoms with Crippen molar-refractivity contribution in [2.75, 3.05) is 11.9 Å². The van der Waals surface area contributed by atoms with Crippen molar-refractivity contribution in [1.29, 1.82) is 0 Å². The normalized spacial score (nSPS) is 11.3. The van der Waals surface area contributed by atoms with E-state index in [1.165, 1.54) is 0 Å². The maximum Gasteiger partial charge on any atom is 0.410 e.